The van der Waals surface area contributed by atoms with E-state index in [4.69, 9.17) is 11.6 Å². The molecule has 14 heavy (non-hydrogen) atoms. The minimum atomic E-state index is 0.204. The van der Waals surface area contributed by atoms with Gasteiger partial charge in [-0.05, 0) is 43.5 Å². The van der Waals surface area contributed by atoms with Crippen LogP contribution in [0.15, 0.2) is 12.1 Å². The van der Waals surface area contributed by atoms with Gasteiger partial charge in [0.05, 0.1) is 0 Å². The molecule has 0 unspecified atom stereocenters. The monoisotopic (exact) mass is 210 g/mol. The molecular weight excluding hydrogens is 196 g/mol. The lowest BCUT2D eigenvalue weighted by atomic mass is 10.0. The highest BCUT2D eigenvalue weighted by Crippen LogP contribution is 2.22. The fraction of sp³-hybridized carbons (Fsp3) is 0.417. The van der Waals surface area contributed by atoms with Crippen molar-refractivity contribution in [2.45, 2.75) is 33.6 Å². The topological polar surface area (TPSA) is 17.1 Å². The summed E-state index contributed by atoms with van der Waals surface area (Å²) in [4.78, 5) is 11.6. The Morgan fingerprint density at radius 1 is 1.29 bits per heavy atom. The number of hydrogen-bond acceptors (Lipinski definition) is 1. The van der Waals surface area contributed by atoms with Crippen LogP contribution in [0.1, 0.15) is 41.3 Å². The first-order valence-electron chi connectivity index (χ1n) is 4.86. The molecule has 0 fully saturated rings. The summed E-state index contributed by atoms with van der Waals surface area (Å²) in [6, 6.07) is 3.74. The summed E-state index contributed by atoms with van der Waals surface area (Å²) in [7, 11) is 0. The molecule has 0 aliphatic carbocycles. The normalized spacial score (nSPS) is 10.3. The van der Waals surface area contributed by atoms with Gasteiger partial charge in [0.1, 0.15) is 0 Å². The second-order valence-electron chi connectivity index (χ2n) is 3.60. The molecule has 1 rings (SSSR count). The van der Waals surface area contributed by atoms with Gasteiger partial charge in [-0.25, -0.2) is 0 Å². The van der Waals surface area contributed by atoms with Gasteiger partial charge in [0.25, 0.3) is 0 Å². The van der Waals surface area contributed by atoms with Crippen LogP contribution >= 0.6 is 11.6 Å². The standard InChI is InChI=1S/C12H15ClO/c1-4-5-11(14)10-6-8(2)12(13)9(3)7-10/h6-7H,4-5H2,1-3H3. The van der Waals surface area contributed by atoms with Crippen molar-refractivity contribution in [2.24, 2.45) is 0 Å². The van der Waals surface area contributed by atoms with E-state index in [2.05, 4.69) is 0 Å². The van der Waals surface area contributed by atoms with Crippen molar-refractivity contribution >= 4 is 17.4 Å². The number of halogens is 1. The van der Waals surface area contributed by atoms with Gasteiger partial charge in [-0.3, -0.25) is 4.79 Å². The Hall–Kier alpha value is -0.820. The largest absolute Gasteiger partial charge is 0.294 e. The average molecular weight is 211 g/mol. The molecule has 76 valence electrons. The maximum Gasteiger partial charge on any atom is 0.162 e. The van der Waals surface area contributed by atoms with E-state index in [1.807, 2.05) is 32.9 Å². The zero-order valence-electron chi connectivity index (χ0n) is 8.86. The first kappa shape index (κ1) is 11.3. The molecule has 0 atom stereocenters. The van der Waals surface area contributed by atoms with Gasteiger partial charge in [0, 0.05) is 17.0 Å². The summed E-state index contributed by atoms with van der Waals surface area (Å²) >= 11 is 6.02. The van der Waals surface area contributed by atoms with Crippen LogP contribution in [0.25, 0.3) is 0 Å². The maximum atomic E-state index is 11.6. The predicted molar refractivity (Wildman–Crippen MR) is 60.2 cm³/mol. The van der Waals surface area contributed by atoms with Gasteiger partial charge in [0.2, 0.25) is 0 Å². The summed E-state index contributed by atoms with van der Waals surface area (Å²) < 4.78 is 0. The zero-order chi connectivity index (χ0) is 10.7. The Kier molecular flexibility index (Phi) is 3.70. The molecule has 0 bridgehead atoms. The number of benzene rings is 1. The molecule has 0 saturated carbocycles. The number of Topliss-reactive ketones (excluding diaryl/α,β-unsaturated/α-hetero) is 1. The van der Waals surface area contributed by atoms with Crippen LogP contribution in [0.5, 0.6) is 0 Å². The van der Waals surface area contributed by atoms with E-state index in [-0.39, 0.29) is 5.78 Å². The Morgan fingerprint density at radius 2 is 1.79 bits per heavy atom. The van der Waals surface area contributed by atoms with Crippen LogP contribution in [-0.4, -0.2) is 5.78 Å². The quantitative estimate of drug-likeness (QED) is 0.691. The van der Waals surface area contributed by atoms with Crippen molar-refractivity contribution in [2.75, 3.05) is 0 Å². The SMILES string of the molecule is CCCC(=O)c1cc(C)c(Cl)c(C)c1. The molecule has 0 spiro atoms. The zero-order valence-corrected chi connectivity index (χ0v) is 9.61. The summed E-state index contributed by atoms with van der Waals surface area (Å²) in [5.74, 6) is 0.204. The fourth-order valence-electron chi connectivity index (χ4n) is 1.48. The Morgan fingerprint density at radius 3 is 2.21 bits per heavy atom. The van der Waals surface area contributed by atoms with E-state index in [1.54, 1.807) is 0 Å². The van der Waals surface area contributed by atoms with E-state index >= 15 is 0 Å². The third-order valence-electron chi connectivity index (χ3n) is 2.24. The lowest BCUT2D eigenvalue weighted by Crippen LogP contribution is -1.99. The molecule has 0 radical (unpaired) electrons. The van der Waals surface area contributed by atoms with Gasteiger partial charge in [0.15, 0.2) is 5.78 Å². The molecule has 0 saturated heterocycles. The molecule has 2 heteroatoms. The second kappa shape index (κ2) is 4.61. The van der Waals surface area contributed by atoms with Crippen LogP contribution in [0.3, 0.4) is 0 Å². The first-order chi connectivity index (χ1) is 6.56. The van der Waals surface area contributed by atoms with E-state index in [1.165, 1.54) is 0 Å². The van der Waals surface area contributed by atoms with Crippen molar-refractivity contribution in [1.82, 2.24) is 0 Å². The molecule has 0 amide bonds. The number of carbonyl (C=O) groups excluding carboxylic acids is 1. The van der Waals surface area contributed by atoms with Crippen molar-refractivity contribution < 1.29 is 4.79 Å². The fourth-order valence-corrected chi connectivity index (χ4v) is 1.59. The molecule has 1 nitrogen and oxygen atoms in total. The molecule has 0 aliphatic heterocycles. The Labute approximate surface area is 90.1 Å². The lowest BCUT2D eigenvalue weighted by Gasteiger charge is -2.06. The molecule has 0 heterocycles. The lowest BCUT2D eigenvalue weighted by molar-refractivity contribution is 0.0981. The van der Waals surface area contributed by atoms with Gasteiger partial charge in [-0.1, -0.05) is 18.5 Å². The van der Waals surface area contributed by atoms with Gasteiger partial charge in [-0.2, -0.15) is 0 Å². The predicted octanol–water partition coefficient (Wildman–Crippen LogP) is 3.94. The first-order valence-corrected chi connectivity index (χ1v) is 5.24. The minimum absolute atomic E-state index is 0.204. The third-order valence-corrected chi connectivity index (χ3v) is 2.83. The molecule has 1 aromatic carbocycles. The summed E-state index contributed by atoms with van der Waals surface area (Å²) in [5, 5.41) is 0.762. The van der Waals surface area contributed by atoms with Crippen LogP contribution < -0.4 is 0 Å². The van der Waals surface area contributed by atoms with E-state index in [0.29, 0.717) is 6.42 Å². The average Bonchev–Trinajstić information content (AvgIpc) is 2.13. The molecule has 0 aliphatic rings. The van der Waals surface area contributed by atoms with Crippen LogP contribution in [0.2, 0.25) is 5.02 Å². The summed E-state index contributed by atoms with van der Waals surface area (Å²) in [6.07, 6.45) is 1.50. The smallest absolute Gasteiger partial charge is 0.162 e. The van der Waals surface area contributed by atoms with Crippen molar-refractivity contribution in [3.8, 4) is 0 Å². The van der Waals surface area contributed by atoms with Crippen LogP contribution in [0.4, 0.5) is 0 Å². The van der Waals surface area contributed by atoms with Crippen LogP contribution in [0, 0.1) is 13.8 Å². The minimum Gasteiger partial charge on any atom is -0.294 e. The van der Waals surface area contributed by atoms with E-state index < -0.39 is 0 Å². The van der Waals surface area contributed by atoms with Crippen molar-refractivity contribution in [3.05, 3.63) is 33.8 Å². The number of carbonyl (C=O) groups is 1. The van der Waals surface area contributed by atoms with E-state index in [9.17, 15) is 4.79 Å². The van der Waals surface area contributed by atoms with Gasteiger partial charge in [-0.15, -0.1) is 0 Å². The van der Waals surface area contributed by atoms with Gasteiger partial charge < -0.3 is 0 Å². The molecule has 0 aromatic heterocycles. The van der Waals surface area contributed by atoms with Crippen molar-refractivity contribution in [1.29, 1.82) is 0 Å². The number of ketones is 1. The summed E-state index contributed by atoms with van der Waals surface area (Å²) in [5.41, 5.74) is 2.74. The Bertz CT molecular complexity index is 332. The van der Waals surface area contributed by atoms with Gasteiger partial charge >= 0.3 is 0 Å². The third kappa shape index (κ3) is 2.36. The number of aryl methyl sites for hydroxylation is 2. The number of rotatable bonds is 3. The maximum absolute atomic E-state index is 11.6. The van der Waals surface area contributed by atoms with Crippen molar-refractivity contribution in [3.63, 3.8) is 0 Å². The molecular formula is C12H15ClO. The second-order valence-corrected chi connectivity index (χ2v) is 3.98. The summed E-state index contributed by atoms with van der Waals surface area (Å²) in [6.45, 7) is 5.86. The molecule has 0 N–H and O–H groups in total. The van der Waals surface area contributed by atoms with Crippen LogP contribution in [-0.2, 0) is 0 Å². The number of hydrogen-bond donors (Lipinski definition) is 0. The highest BCUT2D eigenvalue weighted by Gasteiger charge is 2.08. The Balaban J connectivity index is 3.06. The molecule has 1 aromatic rings. The van der Waals surface area contributed by atoms with E-state index in [0.717, 1.165) is 28.1 Å². The highest BCUT2D eigenvalue weighted by atomic mass is 35.5. The highest BCUT2D eigenvalue weighted by molar-refractivity contribution is 6.32.